The molecule has 1 aromatic carbocycles. The summed E-state index contributed by atoms with van der Waals surface area (Å²) in [7, 11) is 1.23. The maximum Gasteiger partial charge on any atom is 0.157 e. The Morgan fingerprint density at radius 1 is 1.08 bits per heavy atom. The maximum atomic E-state index is 2.23. The lowest BCUT2D eigenvalue weighted by molar-refractivity contribution is 0.823. The van der Waals surface area contributed by atoms with Crippen molar-refractivity contribution in [3.05, 3.63) is 30.3 Å². The zero-order valence-corrected chi connectivity index (χ0v) is 7.51. The Hall–Kier alpha value is -0.795. The van der Waals surface area contributed by atoms with Gasteiger partial charge in [0.15, 0.2) is 7.28 Å². The van der Waals surface area contributed by atoms with Gasteiger partial charge >= 0.3 is 0 Å². The summed E-state index contributed by atoms with van der Waals surface area (Å²) in [6.45, 7) is 2.23. The van der Waals surface area contributed by atoms with Gasteiger partial charge in [0.25, 0.3) is 0 Å². The van der Waals surface area contributed by atoms with Gasteiger partial charge in [-0.1, -0.05) is 55.5 Å². The van der Waals surface area contributed by atoms with Gasteiger partial charge < -0.3 is 11.0 Å². The first-order chi connectivity index (χ1) is 4.93. The maximum absolute atomic E-state index is 2.23. The third kappa shape index (κ3) is 4.94. The van der Waals surface area contributed by atoms with Crippen LogP contribution in [0.15, 0.2) is 30.3 Å². The van der Waals surface area contributed by atoms with Crippen molar-refractivity contribution in [2.45, 2.75) is 19.7 Å². The number of hydrogen-bond donors (Lipinski definition) is 0. The lowest BCUT2D eigenvalue weighted by atomic mass is 9.67. The molecule has 1 aromatic rings. The molecule has 0 saturated carbocycles. The van der Waals surface area contributed by atoms with Crippen LogP contribution in [0.25, 0.3) is 0 Å². The summed E-state index contributed by atoms with van der Waals surface area (Å²) in [5.41, 5.74) is 1.46. The summed E-state index contributed by atoms with van der Waals surface area (Å²) in [4.78, 5) is 0. The van der Waals surface area contributed by atoms with E-state index in [0.29, 0.717) is 0 Å². The van der Waals surface area contributed by atoms with Crippen molar-refractivity contribution in [1.82, 2.24) is 0 Å². The van der Waals surface area contributed by atoms with Crippen molar-refractivity contribution in [2.75, 3.05) is 0 Å². The van der Waals surface area contributed by atoms with Crippen LogP contribution in [0.5, 0.6) is 0 Å². The van der Waals surface area contributed by atoms with Crippen molar-refractivity contribution in [3.8, 4) is 0 Å². The molecule has 4 N–H and O–H groups in total. The van der Waals surface area contributed by atoms with Crippen LogP contribution in [0.4, 0.5) is 0 Å². The lowest BCUT2D eigenvalue weighted by Crippen LogP contribution is -2.11. The number of rotatable bonds is 3. The molecule has 0 unspecified atom stereocenters. The molecule has 68 valence electrons. The van der Waals surface area contributed by atoms with E-state index in [1.807, 2.05) is 0 Å². The van der Waals surface area contributed by atoms with Crippen LogP contribution in [0.2, 0.25) is 6.32 Å². The highest BCUT2D eigenvalue weighted by molar-refractivity contribution is 6.53. The Labute approximate surface area is 74.5 Å². The van der Waals surface area contributed by atoms with Crippen molar-refractivity contribution in [2.24, 2.45) is 0 Å². The standard InChI is InChI=1S/C9H13B.2H2O/c1-2-8-10-9-6-4-3-5-7-9;;/h3-7,10H,2,8H2,1H3;2*1H2. The van der Waals surface area contributed by atoms with Crippen LogP contribution in [-0.2, 0) is 0 Å². The SMILES string of the molecule is CCCBc1ccccc1.O.O. The lowest BCUT2D eigenvalue weighted by Gasteiger charge is -1.94. The second kappa shape index (κ2) is 8.30. The fraction of sp³-hybridized carbons (Fsp3) is 0.333. The molecule has 0 aromatic heterocycles. The minimum atomic E-state index is 0. The third-order valence-corrected chi connectivity index (χ3v) is 1.66. The average Bonchev–Trinajstić information content (AvgIpc) is 2.03. The van der Waals surface area contributed by atoms with Crippen LogP contribution in [0.3, 0.4) is 0 Å². The van der Waals surface area contributed by atoms with Gasteiger partial charge in [0.2, 0.25) is 0 Å². The van der Waals surface area contributed by atoms with Gasteiger partial charge in [0.05, 0.1) is 0 Å². The van der Waals surface area contributed by atoms with Crippen LogP contribution >= 0.6 is 0 Å². The summed E-state index contributed by atoms with van der Waals surface area (Å²) < 4.78 is 0. The van der Waals surface area contributed by atoms with E-state index in [-0.39, 0.29) is 11.0 Å². The van der Waals surface area contributed by atoms with Crippen LogP contribution in [0.1, 0.15) is 13.3 Å². The summed E-state index contributed by atoms with van der Waals surface area (Å²) in [5.74, 6) is 0. The van der Waals surface area contributed by atoms with E-state index in [4.69, 9.17) is 0 Å². The average molecular weight is 168 g/mol. The Bertz CT molecular complexity index is 177. The Balaban J connectivity index is 0. The molecule has 0 amide bonds. The quantitative estimate of drug-likeness (QED) is 0.567. The molecule has 2 nitrogen and oxygen atoms in total. The normalized spacial score (nSPS) is 7.75. The van der Waals surface area contributed by atoms with Crippen LogP contribution in [-0.4, -0.2) is 18.2 Å². The van der Waals surface area contributed by atoms with Crippen LogP contribution in [0, 0.1) is 0 Å². The van der Waals surface area contributed by atoms with E-state index < -0.39 is 0 Å². The van der Waals surface area contributed by atoms with Gasteiger partial charge in [-0.2, -0.15) is 0 Å². The topological polar surface area (TPSA) is 63.0 Å². The van der Waals surface area contributed by atoms with Gasteiger partial charge in [-0.05, 0) is 0 Å². The molecule has 0 radical (unpaired) electrons. The monoisotopic (exact) mass is 168 g/mol. The predicted molar refractivity (Wildman–Crippen MR) is 55.6 cm³/mol. The summed E-state index contributed by atoms with van der Waals surface area (Å²) >= 11 is 0. The number of benzene rings is 1. The second-order valence-electron chi connectivity index (χ2n) is 2.59. The van der Waals surface area contributed by atoms with Crippen molar-refractivity contribution in [3.63, 3.8) is 0 Å². The zero-order chi connectivity index (χ0) is 7.23. The Morgan fingerprint density at radius 2 is 1.67 bits per heavy atom. The predicted octanol–water partition coefficient (Wildman–Crippen LogP) is -0.0727. The zero-order valence-electron chi connectivity index (χ0n) is 7.51. The summed E-state index contributed by atoms with van der Waals surface area (Å²) in [6.07, 6.45) is 2.60. The number of hydrogen-bond acceptors (Lipinski definition) is 0. The molecule has 1 rings (SSSR count). The van der Waals surface area contributed by atoms with E-state index in [1.54, 1.807) is 0 Å². The first-order valence-corrected chi connectivity index (χ1v) is 3.97. The fourth-order valence-corrected chi connectivity index (χ4v) is 1.03. The molecule has 3 heteroatoms. The van der Waals surface area contributed by atoms with Crippen molar-refractivity contribution >= 4 is 12.7 Å². The largest absolute Gasteiger partial charge is 0.412 e. The third-order valence-electron chi connectivity index (χ3n) is 1.66. The summed E-state index contributed by atoms with van der Waals surface area (Å²) in [6, 6.07) is 10.6. The first kappa shape index (κ1) is 13.8. The molecule has 0 heterocycles. The molecule has 0 aliphatic heterocycles. The molecular weight excluding hydrogens is 151 g/mol. The van der Waals surface area contributed by atoms with Crippen molar-refractivity contribution in [1.29, 1.82) is 0 Å². The highest BCUT2D eigenvalue weighted by Crippen LogP contribution is 1.87. The van der Waals surface area contributed by atoms with Gasteiger partial charge in [0.1, 0.15) is 0 Å². The van der Waals surface area contributed by atoms with E-state index in [1.165, 1.54) is 25.5 Å². The van der Waals surface area contributed by atoms with Gasteiger partial charge in [-0.25, -0.2) is 0 Å². The Morgan fingerprint density at radius 3 is 2.17 bits per heavy atom. The van der Waals surface area contributed by atoms with Crippen molar-refractivity contribution < 1.29 is 11.0 Å². The molecule has 0 atom stereocenters. The highest BCUT2D eigenvalue weighted by Gasteiger charge is 1.90. The molecule has 12 heavy (non-hydrogen) atoms. The first-order valence-electron chi connectivity index (χ1n) is 3.97. The fourth-order valence-electron chi connectivity index (χ4n) is 1.03. The summed E-state index contributed by atoms with van der Waals surface area (Å²) in [5, 5.41) is 0. The molecule has 0 saturated heterocycles. The molecule has 0 aliphatic carbocycles. The van der Waals surface area contributed by atoms with Gasteiger partial charge in [-0.3, -0.25) is 0 Å². The second-order valence-corrected chi connectivity index (χ2v) is 2.59. The van der Waals surface area contributed by atoms with Gasteiger partial charge in [-0.15, -0.1) is 0 Å². The van der Waals surface area contributed by atoms with E-state index in [2.05, 4.69) is 37.3 Å². The van der Waals surface area contributed by atoms with Gasteiger partial charge in [0, 0.05) is 0 Å². The van der Waals surface area contributed by atoms with E-state index >= 15 is 0 Å². The Kier molecular flexibility index (Phi) is 9.53. The highest BCUT2D eigenvalue weighted by atomic mass is 16.0. The minimum absolute atomic E-state index is 0. The molecular formula is C9H17BO2. The van der Waals surface area contributed by atoms with Crippen LogP contribution < -0.4 is 5.46 Å². The molecule has 0 spiro atoms. The molecule has 0 bridgehead atoms. The minimum Gasteiger partial charge on any atom is -0.412 e. The molecule has 0 aliphatic rings. The molecule has 0 fully saturated rings. The smallest absolute Gasteiger partial charge is 0.157 e. The van der Waals surface area contributed by atoms with E-state index in [0.717, 1.165) is 0 Å². The van der Waals surface area contributed by atoms with E-state index in [9.17, 15) is 0 Å².